The van der Waals surface area contributed by atoms with Gasteiger partial charge in [0.15, 0.2) is 17.4 Å². The van der Waals surface area contributed by atoms with E-state index in [4.69, 9.17) is 4.74 Å². The number of nitrogens with zero attached hydrogens (tertiary/aromatic N) is 3. The predicted octanol–water partition coefficient (Wildman–Crippen LogP) is 3.74. The summed E-state index contributed by atoms with van der Waals surface area (Å²) < 4.78 is 34.7. The number of rotatable bonds is 9. The minimum atomic E-state index is -1.26. The fourth-order valence-corrected chi connectivity index (χ4v) is 4.91. The van der Waals surface area contributed by atoms with E-state index < -0.39 is 23.1 Å². The molecule has 0 fully saturated rings. The van der Waals surface area contributed by atoms with Crippen molar-refractivity contribution in [3.63, 3.8) is 0 Å². The highest BCUT2D eigenvalue weighted by atomic mass is 19.2. The van der Waals surface area contributed by atoms with Crippen LogP contribution in [0.3, 0.4) is 0 Å². The number of ether oxygens (including phenoxy) is 1. The highest BCUT2D eigenvalue weighted by Crippen LogP contribution is 2.38. The van der Waals surface area contributed by atoms with Crippen LogP contribution in [0.25, 0.3) is 11.0 Å². The Morgan fingerprint density at radius 1 is 1.17 bits per heavy atom. The lowest BCUT2D eigenvalue weighted by Gasteiger charge is -2.20. The number of aromatic amines is 2. The third-order valence-electron chi connectivity index (χ3n) is 6.77. The van der Waals surface area contributed by atoms with E-state index in [2.05, 4.69) is 30.9 Å². The molecule has 0 bridgehead atoms. The summed E-state index contributed by atoms with van der Waals surface area (Å²) in [6.07, 6.45) is 2.40. The second kappa shape index (κ2) is 11.6. The third-order valence-corrected chi connectivity index (χ3v) is 6.77. The first-order valence-corrected chi connectivity index (χ1v) is 13.4. The van der Waals surface area contributed by atoms with E-state index >= 15 is 0 Å². The Hall–Kier alpha value is -4.78. The summed E-state index contributed by atoms with van der Waals surface area (Å²) in [5.74, 6) is -2.05. The van der Waals surface area contributed by atoms with Gasteiger partial charge in [-0.3, -0.25) is 19.9 Å². The number of methoxy groups -OCH3 is 1. The molecule has 1 aliphatic heterocycles. The average Bonchev–Trinajstić information content (AvgIpc) is 3.56. The average molecular weight is 580 g/mol. The number of likely N-dealkylation sites (N-methyl/N-ethyl adjacent to an activating group) is 1. The lowest BCUT2D eigenvalue weighted by molar-refractivity contribution is -0.333. The Labute approximate surface area is 241 Å². The number of hydrogen-bond acceptors (Lipinski definition) is 7. The van der Waals surface area contributed by atoms with Gasteiger partial charge in [-0.05, 0) is 64.2 Å². The molecule has 5 rings (SSSR count). The normalized spacial score (nSPS) is 12.6. The fourth-order valence-electron chi connectivity index (χ4n) is 4.91. The second-order valence-electron chi connectivity index (χ2n) is 10.6. The quantitative estimate of drug-likeness (QED) is 0.238. The van der Waals surface area contributed by atoms with E-state index in [1.54, 1.807) is 38.1 Å². The van der Waals surface area contributed by atoms with Crippen molar-refractivity contribution in [2.24, 2.45) is 0 Å². The molecule has 5 N–H and O–H groups in total. The van der Waals surface area contributed by atoms with Gasteiger partial charge in [-0.2, -0.15) is 0 Å². The molecule has 3 heterocycles. The molecule has 11 nitrogen and oxygen atoms in total. The van der Waals surface area contributed by atoms with E-state index in [-0.39, 0.29) is 35.9 Å². The van der Waals surface area contributed by atoms with E-state index in [9.17, 15) is 18.4 Å². The summed E-state index contributed by atoms with van der Waals surface area (Å²) in [4.78, 5) is 40.2. The second-order valence-corrected chi connectivity index (χ2v) is 10.6. The molecule has 0 spiro atoms. The molecule has 0 saturated carbocycles. The molecule has 0 radical (unpaired) electrons. The van der Waals surface area contributed by atoms with E-state index in [1.165, 1.54) is 6.07 Å². The van der Waals surface area contributed by atoms with Gasteiger partial charge in [0.1, 0.15) is 11.3 Å². The number of anilines is 5. The van der Waals surface area contributed by atoms with Gasteiger partial charge < -0.3 is 25.2 Å². The molecule has 0 unspecified atom stereocenters. The monoisotopic (exact) mass is 579 g/mol. The first-order chi connectivity index (χ1) is 20.0. The van der Waals surface area contributed by atoms with E-state index in [1.807, 2.05) is 31.1 Å². The van der Waals surface area contributed by atoms with Crippen molar-refractivity contribution in [1.29, 1.82) is 0 Å². The predicted molar refractivity (Wildman–Crippen MR) is 156 cm³/mol. The number of aromatic nitrogens is 3. The number of hydrogen-bond donors (Lipinski definition) is 4. The molecular weight excluding hydrogens is 546 g/mol. The zero-order valence-corrected chi connectivity index (χ0v) is 24.0. The van der Waals surface area contributed by atoms with Crippen molar-refractivity contribution in [1.82, 2.24) is 20.2 Å². The lowest BCUT2D eigenvalue weighted by atomic mass is 10.1. The summed E-state index contributed by atoms with van der Waals surface area (Å²) in [6, 6.07) is 7.45. The Morgan fingerprint density at radius 2 is 1.95 bits per heavy atom. The number of amides is 2. The van der Waals surface area contributed by atoms with Gasteiger partial charge in [-0.25, -0.2) is 13.8 Å². The Morgan fingerprint density at radius 3 is 2.67 bits per heavy atom. The molecular formula is C29H33F2N8O3+. The van der Waals surface area contributed by atoms with E-state index in [0.717, 1.165) is 17.3 Å². The van der Waals surface area contributed by atoms with Crippen molar-refractivity contribution in [3.8, 4) is 5.75 Å². The first kappa shape index (κ1) is 28.7. The maximum atomic E-state index is 14.9. The number of benzene rings is 2. The van der Waals surface area contributed by atoms with Crippen LogP contribution in [0.1, 0.15) is 29.8 Å². The Balaban J connectivity index is 1.52. The van der Waals surface area contributed by atoms with Crippen LogP contribution in [0, 0.1) is 11.6 Å². The molecule has 2 amide bonds. The zero-order valence-electron chi connectivity index (χ0n) is 24.0. The van der Waals surface area contributed by atoms with Crippen molar-refractivity contribution >= 4 is 51.7 Å². The number of H-pyrrole nitrogens is 2. The van der Waals surface area contributed by atoms with Gasteiger partial charge in [0.25, 0.3) is 5.91 Å². The minimum absolute atomic E-state index is 0.0114. The van der Waals surface area contributed by atoms with Crippen molar-refractivity contribution in [2.75, 3.05) is 49.8 Å². The highest BCUT2D eigenvalue weighted by Gasteiger charge is 2.28. The molecule has 2 aromatic carbocycles. The molecule has 0 atom stereocenters. The minimum Gasteiger partial charge on any atom is -0.493 e. The highest BCUT2D eigenvalue weighted by molar-refractivity contribution is 6.02. The van der Waals surface area contributed by atoms with Crippen LogP contribution in [0.5, 0.6) is 5.75 Å². The Bertz CT molecular complexity index is 1670. The van der Waals surface area contributed by atoms with Crippen LogP contribution in [0.4, 0.5) is 37.6 Å². The topological polar surface area (TPSA) is 129 Å². The molecule has 4 aromatic rings. The Kier molecular flexibility index (Phi) is 7.94. The standard InChI is InChI=1S/C29H32F2N8O3/c1-15(2)33-28(41)24-19(7-6-18(30)25(24)31)34-27-17-8-10-32-26(17)36-29(37-27)35-20-13-21-16(12-22(20)42-5)9-11-39(21)23(40)14-38(3)4/h6-8,10,12-13,15H,9,11,14H2,1-5H3,(H,33,41)(H3,32,34,35,36,37)/p+1. The third kappa shape index (κ3) is 5.68. The maximum Gasteiger partial charge on any atom is 0.351 e. The van der Waals surface area contributed by atoms with Crippen molar-refractivity contribution in [2.45, 2.75) is 26.3 Å². The van der Waals surface area contributed by atoms with Crippen LogP contribution in [-0.2, 0) is 11.2 Å². The number of halogens is 2. The van der Waals surface area contributed by atoms with Gasteiger partial charge in [0.05, 0.1) is 30.4 Å². The fraction of sp³-hybridized carbons (Fsp3) is 0.310. The summed E-state index contributed by atoms with van der Waals surface area (Å²) in [5.41, 5.74) is 2.50. The number of fused-ring (bicyclic) bond motifs is 2. The van der Waals surface area contributed by atoms with Crippen LogP contribution < -0.4 is 30.6 Å². The van der Waals surface area contributed by atoms with E-state index in [0.29, 0.717) is 35.4 Å². The summed E-state index contributed by atoms with van der Waals surface area (Å²) in [5, 5.41) is 9.47. The SMILES string of the molecule is COc1cc2c(cc1Nc1nc(Nc3ccc(F)c(F)c3C(=O)NC(C)C)c3cc[nH]c3[nH+]1)N(C(=O)CN(C)C)CC2. The number of carbonyl (C=O) groups is 2. The summed E-state index contributed by atoms with van der Waals surface area (Å²) in [6.45, 7) is 4.30. The lowest BCUT2D eigenvalue weighted by Crippen LogP contribution is -2.36. The molecule has 2 aromatic heterocycles. The number of carbonyl (C=O) groups excluding carboxylic acids is 2. The first-order valence-electron chi connectivity index (χ1n) is 13.4. The largest absolute Gasteiger partial charge is 0.493 e. The smallest absolute Gasteiger partial charge is 0.351 e. The van der Waals surface area contributed by atoms with Gasteiger partial charge in [0.2, 0.25) is 17.4 Å². The molecule has 13 heteroatoms. The maximum absolute atomic E-state index is 14.9. The molecule has 0 saturated heterocycles. The number of nitrogens with one attached hydrogen (secondary N) is 5. The summed E-state index contributed by atoms with van der Waals surface area (Å²) >= 11 is 0. The van der Waals surface area contributed by atoms with Gasteiger partial charge in [-0.15, -0.1) is 0 Å². The molecule has 1 aliphatic rings. The molecule has 0 aliphatic carbocycles. The van der Waals surface area contributed by atoms with Crippen LogP contribution in [0.2, 0.25) is 0 Å². The van der Waals surface area contributed by atoms with Crippen LogP contribution >= 0.6 is 0 Å². The van der Waals surface area contributed by atoms with Crippen LogP contribution in [0.15, 0.2) is 36.5 Å². The van der Waals surface area contributed by atoms with Crippen molar-refractivity contribution in [3.05, 3.63) is 59.3 Å². The molecule has 42 heavy (non-hydrogen) atoms. The van der Waals surface area contributed by atoms with Crippen molar-refractivity contribution < 1.29 is 28.1 Å². The van der Waals surface area contributed by atoms with Gasteiger partial charge in [0, 0.05) is 24.8 Å². The van der Waals surface area contributed by atoms with Gasteiger partial charge in [-0.1, -0.05) is 4.98 Å². The molecule has 220 valence electrons. The summed E-state index contributed by atoms with van der Waals surface area (Å²) in [7, 11) is 5.25. The van der Waals surface area contributed by atoms with Gasteiger partial charge >= 0.3 is 5.95 Å². The van der Waals surface area contributed by atoms with Crippen LogP contribution in [-0.4, -0.2) is 67.0 Å². The zero-order chi connectivity index (χ0) is 30.1.